The van der Waals surface area contributed by atoms with Crippen LogP contribution >= 0.6 is 22.6 Å². The molecule has 0 radical (unpaired) electrons. The Kier molecular flexibility index (Phi) is 5.01. The minimum Gasteiger partial charge on any atom is -0.444 e. The molecule has 2 heterocycles. The van der Waals surface area contributed by atoms with Gasteiger partial charge in [0.1, 0.15) is 9.30 Å². The lowest BCUT2D eigenvalue weighted by atomic mass is 10.0. The minimum absolute atomic E-state index is 0.211. The maximum absolute atomic E-state index is 12.2. The molecule has 136 valence electrons. The summed E-state index contributed by atoms with van der Waals surface area (Å²) in [5.41, 5.74) is 3.31. The first-order valence-electron chi connectivity index (χ1n) is 8.78. The summed E-state index contributed by atoms with van der Waals surface area (Å²) in [5.74, 6) is 0. The first kappa shape index (κ1) is 18.5. The molecule has 1 aliphatic heterocycles. The van der Waals surface area contributed by atoms with Gasteiger partial charge in [-0.15, -0.1) is 0 Å². The van der Waals surface area contributed by atoms with Crippen molar-refractivity contribution in [1.82, 2.24) is 14.7 Å². The summed E-state index contributed by atoms with van der Waals surface area (Å²) in [6.07, 6.45) is 1.59. The Balaban J connectivity index is 1.78. The van der Waals surface area contributed by atoms with E-state index in [2.05, 4.69) is 53.3 Å². The highest BCUT2D eigenvalue weighted by molar-refractivity contribution is 14.1. The third-order valence-electron chi connectivity index (χ3n) is 4.55. The number of carbonyl (C=O) groups excluding carboxylic acids is 1. The van der Waals surface area contributed by atoms with Gasteiger partial charge in [-0.25, -0.2) is 4.79 Å². The van der Waals surface area contributed by atoms with Crippen LogP contribution in [0.1, 0.15) is 50.8 Å². The first-order chi connectivity index (χ1) is 11.7. The van der Waals surface area contributed by atoms with Crippen molar-refractivity contribution in [1.29, 1.82) is 0 Å². The second-order valence-electron chi connectivity index (χ2n) is 7.91. The van der Waals surface area contributed by atoms with Crippen molar-refractivity contribution in [3.8, 4) is 0 Å². The second kappa shape index (κ2) is 6.78. The summed E-state index contributed by atoms with van der Waals surface area (Å²) in [7, 11) is 0. The molecule has 0 bridgehead atoms. The normalized spacial score (nSPS) is 16.5. The van der Waals surface area contributed by atoms with Gasteiger partial charge in [0.2, 0.25) is 0 Å². The Morgan fingerprint density at radius 3 is 2.48 bits per heavy atom. The number of aromatic nitrogens is 2. The number of aryl methyl sites for hydroxylation is 2. The number of ether oxygens (including phenoxy) is 1. The molecular formula is C19H26IN3O2. The SMILES string of the molecule is Cc1cc(C)c2c(c1)c(I)nn2C1CCN(C(=O)OC(C)(C)C)CC1. The van der Waals surface area contributed by atoms with Gasteiger partial charge >= 0.3 is 6.09 Å². The van der Waals surface area contributed by atoms with Crippen LogP contribution in [0.2, 0.25) is 0 Å². The Morgan fingerprint density at radius 2 is 1.88 bits per heavy atom. The van der Waals surface area contributed by atoms with Gasteiger partial charge in [-0.1, -0.05) is 11.6 Å². The highest BCUT2D eigenvalue weighted by Gasteiger charge is 2.29. The molecule has 25 heavy (non-hydrogen) atoms. The van der Waals surface area contributed by atoms with Crippen LogP contribution in [0, 0.1) is 17.5 Å². The fourth-order valence-electron chi connectivity index (χ4n) is 3.50. The van der Waals surface area contributed by atoms with E-state index in [1.165, 1.54) is 22.0 Å². The summed E-state index contributed by atoms with van der Waals surface area (Å²) in [6, 6.07) is 4.75. The number of hydrogen-bond acceptors (Lipinski definition) is 3. The molecule has 0 atom stereocenters. The van der Waals surface area contributed by atoms with E-state index >= 15 is 0 Å². The van der Waals surface area contributed by atoms with E-state index in [9.17, 15) is 4.79 Å². The van der Waals surface area contributed by atoms with Crippen LogP contribution in [0.4, 0.5) is 4.79 Å². The number of likely N-dealkylation sites (tertiary alicyclic amines) is 1. The van der Waals surface area contributed by atoms with Crippen molar-refractivity contribution >= 4 is 39.6 Å². The molecule has 0 aliphatic carbocycles. The molecule has 2 aromatic rings. The summed E-state index contributed by atoms with van der Waals surface area (Å²) >= 11 is 2.32. The van der Waals surface area contributed by atoms with Crippen molar-refractivity contribution in [2.75, 3.05) is 13.1 Å². The zero-order valence-electron chi connectivity index (χ0n) is 15.6. The van der Waals surface area contributed by atoms with Crippen molar-refractivity contribution in [3.63, 3.8) is 0 Å². The quantitative estimate of drug-likeness (QED) is 0.579. The van der Waals surface area contributed by atoms with Gasteiger partial charge in [-0.05, 0) is 81.7 Å². The fraction of sp³-hybridized carbons (Fsp3) is 0.579. The van der Waals surface area contributed by atoms with Crippen molar-refractivity contribution in [2.45, 2.75) is 59.1 Å². The molecule has 0 spiro atoms. The van der Waals surface area contributed by atoms with Crippen LogP contribution in [0.25, 0.3) is 10.9 Å². The van der Waals surface area contributed by atoms with Crippen molar-refractivity contribution in [2.24, 2.45) is 0 Å². The number of hydrogen-bond donors (Lipinski definition) is 0. The fourth-order valence-corrected chi connectivity index (χ4v) is 4.15. The van der Waals surface area contributed by atoms with Crippen LogP contribution in [-0.4, -0.2) is 39.5 Å². The Bertz CT molecular complexity index is 799. The van der Waals surface area contributed by atoms with Crippen molar-refractivity contribution in [3.05, 3.63) is 27.0 Å². The number of amides is 1. The number of rotatable bonds is 1. The molecule has 1 aromatic heterocycles. The number of nitrogens with zero attached hydrogens (tertiary/aromatic N) is 3. The number of piperidine rings is 1. The molecule has 1 fully saturated rings. The molecule has 1 amide bonds. The molecule has 0 saturated carbocycles. The van der Waals surface area contributed by atoms with Gasteiger partial charge in [-0.3, -0.25) is 4.68 Å². The van der Waals surface area contributed by atoms with Gasteiger partial charge in [-0.2, -0.15) is 5.10 Å². The van der Waals surface area contributed by atoms with E-state index in [1.54, 1.807) is 0 Å². The molecule has 5 nitrogen and oxygen atoms in total. The highest BCUT2D eigenvalue weighted by Crippen LogP contribution is 2.31. The maximum Gasteiger partial charge on any atom is 0.410 e. The standard InChI is InChI=1S/C19H26IN3O2/c1-12-10-13(2)16-15(11-12)17(20)21-23(16)14-6-8-22(9-7-14)18(24)25-19(3,4)5/h10-11,14H,6-9H2,1-5H3. The topological polar surface area (TPSA) is 47.4 Å². The molecule has 6 heteroatoms. The monoisotopic (exact) mass is 455 g/mol. The third-order valence-corrected chi connectivity index (χ3v) is 5.35. The molecule has 1 saturated heterocycles. The van der Waals surface area contributed by atoms with E-state index in [0.717, 1.165) is 16.5 Å². The summed E-state index contributed by atoms with van der Waals surface area (Å²) in [5, 5.41) is 6.04. The Labute approximate surface area is 162 Å². The van der Waals surface area contributed by atoms with Crippen LogP contribution in [-0.2, 0) is 4.74 Å². The number of benzene rings is 1. The van der Waals surface area contributed by atoms with E-state index < -0.39 is 5.60 Å². The molecule has 0 N–H and O–H groups in total. The summed E-state index contributed by atoms with van der Waals surface area (Å²) < 4.78 is 8.72. The summed E-state index contributed by atoms with van der Waals surface area (Å²) in [4.78, 5) is 14.1. The van der Waals surface area contributed by atoms with Gasteiger partial charge in [0, 0.05) is 18.5 Å². The lowest BCUT2D eigenvalue weighted by Gasteiger charge is -2.33. The highest BCUT2D eigenvalue weighted by atomic mass is 127. The molecule has 1 aromatic carbocycles. The maximum atomic E-state index is 12.2. The Hall–Kier alpha value is -1.31. The number of halogens is 1. The smallest absolute Gasteiger partial charge is 0.410 e. The Morgan fingerprint density at radius 1 is 1.24 bits per heavy atom. The van der Waals surface area contributed by atoms with Crippen LogP contribution in [0.15, 0.2) is 12.1 Å². The molecule has 3 rings (SSSR count). The number of carbonyl (C=O) groups is 1. The average molecular weight is 455 g/mol. The first-order valence-corrected chi connectivity index (χ1v) is 9.86. The van der Waals surface area contributed by atoms with Crippen LogP contribution in [0.5, 0.6) is 0 Å². The number of fused-ring (bicyclic) bond motifs is 1. The van der Waals surface area contributed by atoms with Gasteiger partial charge in [0.25, 0.3) is 0 Å². The van der Waals surface area contributed by atoms with Crippen LogP contribution in [0.3, 0.4) is 0 Å². The predicted molar refractivity (Wildman–Crippen MR) is 108 cm³/mol. The molecular weight excluding hydrogens is 429 g/mol. The summed E-state index contributed by atoms with van der Waals surface area (Å²) in [6.45, 7) is 11.4. The van der Waals surface area contributed by atoms with Gasteiger partial charge < -0.3 is 9.64 Å². The zero-order chi connectivity index (χ0) is 18.4. The van der Waals surface area contributed by atoms with E-state index in [4.69, 9.17) is 9.84 Å². The van der Waals surface area contributed by atoms with Crippen LogP contribution < -0.4 is 0 Å². The average Bonchev–Trinajstić information content (AvgIpc) is 2.83. The van der Waals surface area contributed by atoms with E-state index in [0.29, 0.717) is 19.1 Å². The van der Waals surface area contributed by atoms with Crippen molar-refractivity contribution < 1.29 is 9.53 Å². The predicted octanol–water partition coefficient (Wildman–Crippen LogP) is 4.83. The lowest BCUT2D eigenvalue weighted by molar-refractivity contribution is 0.0186. The largest absolute Gasteiger partial charge is 0.444 e. The van der Waals surface area contributed by atoms with E-state index in [-0.39, 0.29) is 6.09 Å². The van der Waals surface area contributed by atoms with Gasteiger partial charge in [0.05, 0.1) is 11.6 Å². The second-order valence-corrected chi connectivity index (χ2v) is 8.93. The zero-order valence-corrected chi connectivity index (χ0v) is 17.8. The van der Waals surface area contributed by atoms with Gasteiger partial charge in [0.15, 0.2) is 0 Å². The van der Waals surface area contributed by atoms with E-state index in [1.807, 2.05) is 25.7 Å². The lowest BCUT2D eigenvalue weighted by Crippen LogP contribution is -2.42. The minimum atomic E-state index is -0.447. The molecule has 1 aliphatic rings. The third kappa shape index (κ3) is 3.93. The molecule has 0 unspecified atom stereocenters.